The zero-order valence-electron chi connectivity index (χ0n) is 16.4. The fourth-order valence-corrected chi connectivity index (χ4v) is 2.89. The van der Waals surface area contributed by atoms with E-state index in [9.17, 15) is 4.79 Å². The Bertz CT molecular complexity index is 1100. The van der Waals surface area contributed by atoms with Gasteiger partial charge in [0, 0.05) is 29.7 Å². The summed E-state index contributed by atoms with van der Waals surface area (Å²) in [7, 11) is 0. The molecule has 0 aliphatic heterocycles. The number of anilines is 1. The third-order valence-corrected chi connectivity index (χ3v) is 4.32. The molecule has 0 atom stereocenters. The van der Waals surface area contributed by atoms with Crippen molar-refractivity contribution < 1.29 is 18.5 Å². The molecule has 4 rings (SSSR count). The first-order chi connectivity index (χ1) is 14.7. The number of ether oxygens (including phenoxy) is 1. The minimum atomic E-state index is -0.148. The summed E-state index contributed by atoms with van der Waals surface area (Å²) >= 11 is 0. The third kappa shape index (κ3) is 4.72. The van der Waals surface area contributed by atoms with Crippen molar-refractivity contribution in [2.75, 3.05) is 11.9 Å². The second-order valence-electron chi connectivity index (χ2n) is 6.46. The summed E-state index contributed by atoms with van der Waals surface area (Å²) < 4.78 is 16.0. The molecule has 2 aromatic carbocycles. The zero-order chi connectivity index (χ0) is 20.8. The van der Waals surface area contributed by atoms with Gasteiger partial charge in [-0.2, -0.15) is 4.98 Å². The predicted molar refractivity (Wildman–Crippen MR) is 110 cm³/mol. The van der Waals surface area contributed by atoms with Gasteiger partial charge >= 0.3 is 0 Å². The van der Waals surface area contributed by atoms with E-state index in [0.29, 0.717) is 36.2 Å². The van der Waals surface area contributed by atoms with E-state index in [2.05, 4.69) is 20.4 Å². The van der Waals surface area contributed by atoms with Gasteiger partial charge in [-0.1, -0.05) is 17.3 Å². The Morgan fingerprint density at radius 2 is 2.00 bits per heavy atom. The Kier molecular flexibility index (Phi) is 5.84. The zero-order valence-corrected chi connectivity index (χ0v) is 16.4. The molecule has 0 unspecified atom stereocenters. The van der Waals surface area contributed by atoms with Crippen LogP contribution in [0.4, 0.5) is 5.69 Å². The summed E-state index contributed by atoms with van der Waals surface area (Å²) in [5, 5.41) is 6.86. The number of nitrogens with zero attached hydrogens (tertiary/aromatic N) is 3. The van der Waals surface area contributed by atoms with Crippen molar-refractivity contribution in [2.45, 2.75) is 19.8 Å². The van der Waals surface area contributed by atoms with Crippen LogP contribution in [0.1, 0.15) is 19.2 Å². The highest BCUT2D eigenvalue weighted by molar-refractivity contribution is 5.91. The number of amides is 1. The number of benzene rings is 2. The van der Waals surface area contributed by atoms with Gasteiger partial charge in [0.2, 0.25) is 17.6 Å². The molecule has 8 heteroatoms. The molecule has 0 aliphatic carbocycles. The highest BCUT2D eigenvalue weighted by Crippen LogP contribution is 2.23. The molecule has 0 fully saturated rings. The Morgan fingerprint density at radius 3 is 2.77 bits per heavy atom. The maximum absolute atomic E-state index is 12.3. The molecule has 1 N–H and O–H groups in total. The molecule has 0 spiro atoms. The summed E-state index contributed by atoms with van der Waals surface area (Å²) in [6, 6.07) is 14.8. The van der Waals surface area contributed by atoms with Crippen LogP contribution < -0.4 is 10.1 Å². The molecule has 2 aromatic heterocycles. The minimum Gasteiger partial charge on any atom is -0.494 e. The van der Waals surface area contributed by atoms with Crippen molar-refractivity contribution in [3.63, 3.8) is 0 Å². The van der Waals surface area contributed by atoms with Crippen molar-refractivity contribution in [3.05, 3.63) is 67.0 Å². The average molecular weight is 404 g/mol. The molecule has 0 saturated carbocycles. The van der Waals surface area contributed by atoms with Crippen LogP contribution in [0.15, 0.2) is 70.1 Å². The lowest BCUT2D eigenvalue weighted by molar-refractivity contribution is -0.116. The van der Waals surface area contributed by atoms with Gasteiger partial charge < -0.3 is 19.0 Å². The first kappa shape index (κ1) is 19.4. The van der Waals surface area contributed by atoms with Gasteiger partial charge in [0.1, 0.15) is 5.75 Å². The molecule has 0 bridgehead atoms. The summed E-state index contributed by atoms with van der Waals surface area (Å²) in [4.78, 5) is 20.6. The van der Waals surface area contributed by atoms with Crippen LogP contribution >= 0.6 is 0 Å². The van der Waals surface area contributed by atoms with E-state index in [4.69, 9.17) is 13.7 Å². The van der Waals surface area contributed by atoms with E-state index >= 15 is 0 Å². The van der Waals surface area contributed by atoms with Crippen molar-refractivity contribution in [2.24, 2.45) is 0 Å². The van der Waals surface area contributed by atoms with Gasteiger partial charge in [-0.3, -0.25) is 4.79 Å². The lowest BCUT2D eigenvalue weighted by atomic mass is 10.1. The molecule has 1 amide bonds. The molecule has 30 heavy (non-hydrogen) atoms. The van der Waals surface area contributed by atoms with E-state index in [1.165, 1.54) is 6.39 Å². The number of aryl methyl sites for hydroxylation is 1. The summed E-state index contributed by atoms with van der Waals surface area (Å²) in [5.74, 6) is 2.16. The predicted octanol–water partition coefficient (Wildman–Crippen LogP) is 4.36. The smallest absolute Gasteiger partial charge is 0.227 e. The Balaban J connectivity index is 1.33. The highest BCUT2D eigenvalue weighted by atomic mass is 16.5. The number of carbonyl (C=O) groups excluding carboxylic acids is 1. The first-order valence-electron chi connectivity index (χ1n) is 9.56. The highest BCUT2D eigenvalue weighted by Gasteiger charge is 2.12. The van der Waals surface area contributed by atoms with Crippen LogP contribution in [0.5, 0.6) is 5.75 Å². The van der Waals surface area contributed by atoms with Crippen LogP contribution in [0.3, 0.4) is 0 Å². The Hall–Kier alpha value is -3.94. The SMILES string of the molecule is CCOc1ccc(-c2noc(CCC(=O)Nc3cccc(-c4cnco4)c3)n2)cc1. The number of aromatic nitrogens is 3. The van der Waals surface area contributed by atoms with Crippen LogP contribution in [0, 0.1) is 0 Å². The van der Waals surface area contributed by atoms with Crippen LogP contribution in [-0.2, 0) is 11.2 Å². The summed E-state index contributed by atoms with van der Waals surface area (Å²) in [6.07, 6.45) is 3.56. The normalized spacial score (nSPS) is 10.7. The lowest BCUT2D eigenvalue weighted by Crippen LogP contribution is -2.12. The van der Waals surface area contributed by atoms with Gasteiger partial charge in [-0.05, 0) is 43.3 Å². The fourth-order valence-electron chi connectivity index (χ4n) is 2.89. The number of nitrogens with one attached hydrogen (secondary N) is 1. The molecule has 4 aromatic rings. The maximum Gasteiger partial charge on any atom is 0.227 e. The number of carbonyl (C=O) groups is 1. The molecule has 2 heterocycles. The molecule has 0 aliphatic rings. The van der Waals surface area contributed by atoms with E-state index in [-0.39, 0.29) is 12.3 Å². The second-order valence-corrected chi connectivity index (χ2v) is 6.46. The first-order valence-corrected chi connectivity index (χ1v) is 9.56. The maximum atomic E-state index is 12.3. The standard InChI is InChI=1S/C22H20N4O4/c1-2-28-18-8-6-15(7-9-18)22-25-21(30-26-22)11-10-20(27)24-17-5-3-4-16(12-17)19-13-23-14-29-19/h3-9,12-14H,2,10-11H2,1H3,(H,24,27). The van der Waals surface area contributed by atoms with E-state index in [0.717, 1.165) is 16.9 Å². The fraction of sp³-hybridized carbons (Fsp3) is 0.182. The summed E-state index contributed by atoms with van der Waals surface area (Å²) in [6.45, 7) is 2.54. The Labute approximate surface area is 172 Å². The van der Waals surface area contributed by atoms with Crippen molar-refractivity contribution in [1.29, 1.82) is 0 Å². The van der Waals surface area contributed by atoms with E-state index in [1.807, 2.05) is 55.5 Å². The van der Waals surface area contributed by atoms with Crippen molar-refractivity contribution in [1.82, 2.24) is 15.1 Å². The number of oxazole rings is 1. The lowest BCUT2D eigenvalue weighted by Gasteiger charge is -2.05. The van der Waals surface area contributed by atoms with E-state index < -0.39 is 0 Å². The number of rotatable bonds is 8. The van der Waals surface area contributed by atoms with Gasteiger partial charge in [-0.25, -0.2) is 4.98 Å². The van der Waals surface area contributed by atoms with Crippen LogP contribution in [0.2, 0.25) is 0 Å². The van der Waals surface area contributed by atoms with Gasteiger partial charge in [0.25, 0.3) is 0 Å². The van der Waals surface area contributed by atoms with Crippen LogP contribution in [0.25, 0.3) is 22.7 Å². The minimum absolute atomic E-state index is 0.148. The van der Waals surface area contributed by atoms with Crippen LogP contribution in [-0.4, -0.2) is 27.6 Å². The Morgan fingerprint density at radius 1 is 1.13 bits per heavy atom. The quantitative estimate of drug-likeness (QED) is 0.465. The topological polar surface area (TPSA) is 103 Å². The number of hydrogen-bond acceptors (Lipinski definition) is 7. The largest absolute Gasteiger partial charge is 0.494 e. The monoisotopic (exact) mass is 404 g/mol. The van der Waals surface area contributed by atoms with E-state index in [1.54, 1.807) is 6.20 Å². The third-order valence-electron chi connectivity index (χ3n) is 4.32. The van der Waals surface area contributed by atoms with Gasteiger partial charge in [0.15, 0.2) is 12.2 Å². The molecule has 0 saturated heterocycles. The molecular weight excluding hydrogens is 384 g/mol. The van der Waals surface area contributed by atoms with Crippen molar-refractivity contribution >= 4 is 11.6 Å². The van der Waals surface area contributed by atoms with Gasteiger partial charge in [0.05, 0.1) is 12.8 Å². The molecular formula is C22H20N4O4. The summed E-state index contributed by atoms with van der Waals surface area (Å²) in [5.41, 5.74) is 2.33. The molecule has 0 radical (unpaired) electrons. The molecule has 8 nitrogen and oxygen atoms in total. The second kappa shape index (κ2) is 9.04. The molecule has 152 valence electrons. The number of hydrogen-bond donors (Lipinski definition) is 1. The van der Waals surface area contributed by atoms with Gasteiger partial charge in [-0.15, -0.1) is 0 Å². The average Bonchev–Trinajstić information content (AvgIpc) is 3.46. The van der Waals surface area contributed by atoms with Crippen molar-refractivity contribution in [3.8, 4) is 28.5 Å².